The average molecular weight is 306 g/mol. The van der Waals surface area contributed by atoms with Crippen LogP contribution in [-0.4, -0.2) is 10.9 Å². The second kappa shape index (κ2) is 5.16. The first-order valence-corrected chi connectivity index (χ1v) is 7.60. The lowest BCUT2D eigenvalue weighted by molar-refractivity contribution is -0.118. The van der Waals surface area contributed by atoms with Crippen LogP contribution < -0.4 is 5.32 Å². The topological polar surface area (TPSA) is 42.0 Å². The maximum absolute atomic E-state index is 13.1. The third-order valence-corrected chi connectivity index (χ3v) is 4.46. The summed E-state index contributed by atoms with van der Waals surface area (Å²) in [5.74, 6) is -0.342. The lowest BCUT2D eigenvalue weighted by Crippen LogP contribution is -2.28. The summed E-state index contributed by atoms with van der Waals surface area (Å²) >= 11 is 0. The molecule has 0 atom stereocenters. The fourth-order valence-electron chi connectivity index (χ4n) is 2.99. The van der Waals surface area contributed by atoms with Crippen molar-refractivity contribution in [3.8, 4) is 0 Å². The Balaban J connectivity index is 1.66. The highest BCUT2D eigenvalue weighted by Gasteiger charge is 2.51. The number of carbonyl (C=O) groups excluding carboxylic acids is 1. The highest BCUT2D eigenvalue weighted by atomic mass is 19.1. The van der Waals surface area contributed by atoms with Crippen LogP contribution in [0.15, 0.2) is 60.8 Å². The zero-order chi connectivity index (χ0) is 15.9. The largest absolute Gasteiger partial charge is 0.323 e. The number of halogens is 1. The Hall–Kier alpha value is -2.75. The van der Waals surface area contributed by atoms with E-state index < -0.39 is 5.41 Å². The summed E-state index contributed by atoms with van der Waals surface area (Å²) in [5, 5.41) is 3.99. The number of fused-ring (bicyclic) bond motifs is 1. The summed E-state index contributed by atoms with van der Waals surface area (Å²) in [5.41, 5.74) is 1.81. The van der Waals surface area contributed by atoms with Gasteiger partial charge in [-0.1, -0.05) is 30.3 Å². The van der Waals surface area contributed by atoms with Gasteiger partial charge in [-0.2, -0.15) is 0 Å². The monoisotopic (exact) mass is 306 g/mol. The molecule has 0 unspecified atom stereocenters. The minimum absolute atomic E-state index is 0.0535. The van der Waals surface area contributed by atoms with Gasteiger partial charge < -0.3 is 5.32 Å². The number of pyridine rings is 1. The SMILES string of the molecule is O=C(Nc1cccc2cccnc12)C1(c2ccc(F)cc2)CC1. The molecule has 4 heteroatoms. The molecule has 2 aromatic carbocycles. The third kappa shape index (κ3) is 2.36. The van der Waals surface area contributed by atoms with Crippen LogP contribution in [0.3, 0.4) is 0 Å². The summed E-state index contributed by atoms with van der Waals surface area (Å²) in [7, 11) is 0. The van der Waals surface area contributed by atoms with Gasteiger partial charge in [-0.05, 0) is 42.7 Å². The molecule has 4 rings (SSSR count). The van der Waals surface area contributed by atoms with Crippen molar-refractivity contribution in [1.29, 1.82) is 0 Å². The molecule has 114 valence electrons. The summed E-state index contributed by atoms with van der Waals surface area (Å²) in [4.78, 5) is 17.1. The van der Waals surface area contributed by atoms with Gasteiger partial charge in [0.25, 0.3) is 0 Å². The molecule has 3 aromatic rings. The van der Waals surface area contributed by atoms with Crippen molar-refractivity contribution in [2.75, 3.05) is 5.32 Å². The van der Waals surface area contributed by atoms with Gasteiger partial charge in [0.1, 0.15) is 5.82 Å². The molecular formula is C19H15FN2O. The number of nitrogens with zero attached hydrogens (tertiary/aromatic N) is 1. The molecule has 0 bridgehead atoms. The van der Waals surface area contributed by atoms with Crippen LogP contribution in [0.4, 0.5) is 10.1 Å². The first-order valence-electron chi connectivity index (χ1n) is 7.60. The number of hydrogen-bond donors (Lipinski definition) is 1. The van der Waals surface area contributed by atoms with Crippen molar-refractivity contribution >= 4 is 22.5 Å². The zero-order valence-corrected chi connectivity index (χ0v) is 12.4. The minimum atomic E-state index is -0.537. The summed E-state index contributed by atoms with van der Waals surface area (Å²) in [6, 6.07) is 15.8. The number of amides is 1. The number of aromatic nitrogens is 1. The number of carbonyl (C=O) groups is 1. The second-order valence-corrected chi connectivity index (χ2v) is 5.92. The van der Waals surface area contributed by atoms with E-state index in [1.807, 2.05) is 30.3 Å². The Kier molecular flexibility index (Phi) is 3.11. The van der Waals surface area contributed by atoms with E-state index >= 15 is 0 Å². The van der Waals surface area contributed by atoms with E-state index in [2.05, 4.69) is 10.3 Å². The molecule has 1 aromatic heterocycles. The molecule has 1 aliphatic carbocycles. The van der Waals surface area contributed by atoms with E-state index in [0.717, 1.165) is 29.3 Å². The molecule has 0 spiro atoms. The number of para-hydroxylation sites is 1. The standard InChI is InChI=1S/C19H15FN2O/c20-15-8-6-14(7-9-15)19(10-11-19)18(23)22-16-5-1-3-13-4-2-12-21-17(13)16/h1-9,12H,10-11H2,(H,22,23). The number of benzene rings is 2. The molecule has 3 nitrogen and oxygen atoms in total. The maximum atomic E-state index is 13.1. The molecular weight excluding hydrogens is 291 g/mol. The molecule has 1 aliphatic rings. The fraction of sp³-hybridized carbons (Fsp3) is 0.158. The van der Waals surface area contributed by atoms with Gasteiger partial charge in [0.05, 0.1) is 16.6 Å². The highest BCUT2D eigenvalue weighted by Crippen LogP contribution is 2.49. The molecule has 1 N–H and O–H groups in total. The van der Waals surface area contributed by atoms with Gasteiger partial charge in [0.15, 0.2) is 0 Å². The summed E-state index contributed by atoms with van der Waals surface area (Å²) in [6.07, 6.45) is 3.27. The molecule has 1 amide bonds. The van der Waals surface area contributed by atoms with E-state index in [1.165, 1.54) is 12.1 Å². The van der Waals surface area contributed by atoms with Crippen LogP contribution in [0.5, 0.6) is 0 Å². The van der Waals surface area contributed by atoms with Gasteiger partial charge in [0.2, 0.25) is 5.91 Å². The van der Waals surface area contributed by atoms with Crippen molar-refractivity contribution < 1.29 is 9.18 Å². The summed E-state index contributed by atoms with van der Waals surface area (Å²) in [6.45, 7) is 0. The van der Waals surface area contributed by atoms with Gasteiger partial charge in [-0.15, -0.1) is 0 Å². The lowest BCUT2D eigenvalue weighted by Gasteiger charge is -2.16. The van der Waals surface area contributed by atoms with E-state index in [9.17, 15) is 9.18 Å². The zero-order valence-electron chi connectivity index (χ0n) is 12.4. The van der Waals surface area contributed by atoms with E-state index in [-0.39, 0.29) is 11.7 Å². The van der Waals surface area contributed by atoms with Crippen LogP contribution in [0.25, 0.3) is 10.9 Å². The highest BCUT2D eigenvalue weighted by molar-refractivity contribution is 6.06. The summed E-state index contributed by atoms with van der Waals surface area (Å²) < 4.78 is 13.1. The average Bonchev–Trinajstić information content (AvgIpc) is 3.38. The Morgan fingerprint density at radius 1 is 1.04 bits per heavy atom. The third-order valence-electron chi connectivity index (χ3n) is 4.46. The smallest absolute Gasteiger partial charge is 0.235 e. The van der Waals surface area contributed by atoms with Gasteiger partial charge >= 0.3 is 0 Å². The number of nitrogens with one attached hydrogen (secondary N) is 1. The van der Waals surface area contributed by atoms with Gasteiger partial charge in [-0.25, -0.2) is 4.39 Å². The molecule has 1 saturated carbocycles. The first kappa shape index (κ1) is 13.9. The van der Waals surface area contributed by atoms with Crippen LogP contribution in [-0.2, 0) is 10.2 Å². The Morgan fingerprint density at radius 2 is 1.78 bits per heavy atom. The van der Waals surface area contributed by atoms with Gasteiger partial charge in [0, 0.05) is 11.6 Å². The van der Waals surface area contributed by atoms with Gasteiger partial charge in [-0.3, -0.25) is 9.78 Å². The maximum Gasteiger partial charge on any atom is 0.235 e. The van der Waals surface area contributed by atoms with Crippen LogP contribution >= 0.6 is 0 Å². The number of hydrogen-bond acceptors (Lipinski definition) is 2. The van der Waals surface area contributed by atoms with Crippen LogP contribution in [0.2, 0.25) is 0 Å². The van der Waals surface area contributed by atoms with Crippen LogP contribution in [0.1, 0.15) is 18.4 Å². The molecule has 23 heavy (non-hydrogen) atoms. The Morgan fingerprint density at radius 3 is 2.52 bits per heavy atom. The van der Waals surface area contributed by atoms with Crippen molar-refractivity contribution in [2.24, 2.45) is 0 Å². The molecule has 0 radical (unpaired) electrons. The van der Waals surface area contributed by atoms with E-state index in [0.29, 0.717) is 5.69 Å². The number of anilines is 1. The second-order valence-electron chi connectivity index (χ2n) is 5.92. The van der Waals surface area contributed by atoms with Crippen molar-refractivity contribution in [3.05, 3.63) is 72.2 Å². The Bertz CT molecular complexity index is 880. The predicted molar refractivity (Wildman–Crippen MR) is 87.7 cm³/mol. The van der Waals surface area contributed by atoms with Crippen LogP contribution in [0, 0.1) is 5.82 Å². The normalized spacial score (nSPS) is 15.3. The quantitative estimate of drug-likeness (QED) is 0.793. The Labute approximate surface area is 133 Å². The van der Waals surface area contributed by atoms with E-state index in [4.69, 9.17) is 0 Å². The molecule has 1 fully saturated rings. The molecule has 1 heterocycles. The van der Waals surface area contributed by atoms with E-state index in [1.54, 1.807) is 18.3 Å². The van der Waals surface area contributed by atoms with Crippen molar-refractivity contribution in [3.63, 3.8) is 0 Å². The first-order chi connectivity index (χ1) is 11.2. The lowest BCUT2D eigenvalue weighted by atomic mass is 9.95. The molecule has 0 aliphatic heterocycles. The number of rotatable bonds is 3. The van der Waals surface area contributed by atoms with Crippen molar-refractivity contribution in [2.45, 2.75) is 18.3 Å². The predicted octanol–water partition coefficient (Wildman–Crippen LogP) is 4.04. The minimum Gasteiger partial charge on any atom is -0.323 e. The van der Waals surface area contributed by atoms with Crippen molar-refractivity contribution in [1.82, 2.24) is 4.98 Å². The molecule has 0 saturated heterocycles. The fourth-order valence-corrected chi connectivity index (χ4v) is 2.99.